The number of carbonyl (C=O) groups excluding carboxylic acids is 3. The van der Waals surface area contributed by atoms with Gasteiger partial charge in [-0.2, -0.15) is 0 Å². The summed E-state index contributed by atoms with van der Waals surface area (Å²) < 4.78 is 5.09. The van der Waals surface area contributed by atoms with E-state index >= 15 is 0 Å². The molecule has 0 aliphatic carbocycles. The van der Waals surface area contributed by atoms with Crippen LogP contribution in [0.5, 0.6) is 0 Å². The highest BCUT2D eigenvalue weighted by atomic mass is 16.5. The lowest BCUT2D eigenvalue weighted by molar-refractivity contribution is -0.149. The van der Waals surface area contributed by atoms with Gasteiger partial charge in [-0.05, 0) is 57.8 Å². The Hall–Kier alpha value is -2.21. The number of nitrogens with zero attached hydrogens (tertiary/aromatic N) is 2. The number of hydrogen-bond donors (Lipinski definition) is 0. The van der Waals surface area contributed by atoms with Crippen molar-refractivity contribution in [3.63, 3.8) is 0 Å². The van der Waals surface area contributed by atoms with E-state index in [9.17, 15) is 14.4 Å². The van der Waals surface area contributed by atoms with E-state index in [0.29, 0.717) is 38.2 Å². The minimum atomic E-state index is -0.426. The van der Waals surface area contributed by atoms with E-state index < -0.39 is 6.04 Å². The van der Waals surface area contributed by atoms with Crippen molar-refractivity contribution in [2.45, 2.75) is 46.1 Å². The van der Waals surface area contributed by atoms with Gasteiger partial charge in [0.1, 0.15) is 0 Å². The first-order chi connectivity index (χ1) is 12.4. The molecule has 1 unspecified atom stereocenters. The predicted molar refractivity (Wildman–Crippen MR) is 97.7 cm³/mol. The Morgan fingerprint density at radius 1 is 1.15 bits per heavy atom. The van der Waals surface area contributed by atoms with Crippen molar-refractivity contribution in [1.29, 1.82) is 0 Å². The van der Waals surface area contributed by atoms with Crippen molar-refractivity contribution in [2.24, 2.45) is 5.92 Å². The third-order valence-corrected chi connectivity index (χ3v) is 5.38. The molecule has 6 heteroatoms. The van der Waals surface area contributed by atoms with Crippen LogP contribution in [-0.4, -0.2) is 48.4 Å². The molecule has 2 aliphatic rings. The molecule has 0 N–H and O–H groups in total. The maximum absolute atomic E-state index is 13.0. The molecule has 3 rings (SSSR count). The third kappa shape index (κ3) is 3.38. The molecule has 0 aromatic heterocycles. The number of piperidine rings is 1. The summed E-state index contributed by atoms with van der Waals surface area (Å²) in [7, 11) is 0. The number of carbonyl (C=O) groups is 3. The fourth-order valence-corrected chi connectivity index (χ4v) is 4.00. The van der Waals surface area contributed by atoms with E-state index in [1.54, 1.807) is 6.92 Å². The highest BCUT2D eigenvalue weighted by molar-refractivity contribution is 6.23. The minimum Gasteiger partial charge on any atom is -0.466 e. The lowest BCUT2D eigenvalue weighted by atomic mass is 9.95. The summed E-state index contributed by atoms with van der Waals surface area (Å²) in [6.07, 6.45) is 1.54. The van der Waals surface area contributed by atoms with Crippen LogP contribution in [-0.2, 0) is 19.1 Å². The van der Waals surface area contributed by atoms with Crippen molar-refractivity contribution >= 4 is 23.5 Å². The number of anilines is 1. The lowest BCUT2D eigenvalue weighted by Gasteiger charge is -2.33. The van der Waals surface area contributed by atoms with Gasteiger partial charge in [-0.15, -0.1) is 0 Å². The summed E-state index contributed by atoms with van der Waals surface area (Å²) in [5.41, 5.74) is 2.56. The first-order valence-electron chi connectivity index (χ1n) is 9.27. The minimum absolute atomic E-state index is 0.104. The van der Waals surface area contributed by atoms with Gasteiger partial charge in [-0.1, -0.05) is 18.2 Å². The zero-order chi connectivity index (χ0) is 18.8. The summed E-state index contributed by atoms with van der Waals surface area (Å²) in [5.74, 6) is -0.557. The van der Waals surface area contributed by atoms with Crippen LogP contribution in [0.4, 0.5) is 5.69 Å². The fourth-order valence-electron chi connectivity index (χ4n) is 4.00. The second kappa shape index (κ2) is 7.58. The van der Waals surface area contributed by atoms with Crippen LogP contribution in [0.1, 0.15) is 37.3 Å². The number of rotatable bonds is 4. The number of imide groups is 1. The van der Waals surface area contributed by atoms with Crippen LogP contribution in [0.3, 0.4) is 0 Å². The zero-order valence-electron chi connectivity index (χ0n) is 15.7. The Labute approximate surface area is 154 Å². The number of ether oxygens (including phenoxy) is 1. The van der Waals surface area contributed by atoms with Crippen molar-refractivity contribution < 1.29 is 19.1 Å². The maximum Gasteiger partial charge on any atom is 0.309 e. The topological polar surface area (TPSA) is 66.9 Å². The van der Waals surface area contributed by atoms with Gasteiger partial charge in [0.15, 0.2) is 0 Å². The third-order valence-electron chi connectivity index (χ3n) is 5.38. The summed E-state index contributed by atoms with van der Waals surface area (Å²) in [4.78, 5) is 40.9. The number of para-hydroxylation sites is 1. The van der Waals surface area contributed by atoms with Gasteiger partial charge in [-0.3, -0.25) is 19.3 Å². The first-order valence-corrected chi connectivity index (χ1v) is 9.27. The predicted octanol–water partition coefficient (Wildman–Crippen LogP) is 2.21. The molecule has 1 aromatic carbocycles. The molecule has 0 spiro atoms. The van der Waals surface area contributed by atoms with Crippen LogP contribution >= 0.6 is 0 Å². The fraction of sp³-hybridized carbons (Fsp3) is 0.550. The van der Waals surface area contributed by atoms with Gasteiger partial charge in [0.25, 0.3) is 5.91 Å². The van der Waals surface area contributed by atoms with Crippen LogP contribution in [0.25, 0.3) is 0 Å². The summed E-state index contributed by atoms with van der Waals surface area (Å²) in [5, 5.41) is 0. The molecule has 1 aromatic rings. The molecule has 0 bridgehead atoms. The molecule has 0 saturated carbocycles. The molecule has 140 valence electrons. The average Bonchev–Trinajstić information content (AvgIpc) is 2.90. The van der Waals surface area contributed by atoms with Gasteiger partial charge in [0.2, 0.25) is 5.91 Å². The molecule has 1 atom stereocenters. The Bertz CT molecular complexity index is 702. The highest BCUT2D eigenvalue weighted by Gasteiger charge is 2.44. The van der Waals surface area contributed by atoms with Crippen LogP contribution < -0.4 is 4.90 Å². The number of benzene rings is 1. The number of hydrogen-bond acceptors (Lipinski definition) is 5. The molecule has 2 aliphatic heterocycles. The first kappa shape index (κ1) is 18.6. The molecule has 2 saturated heterocycles. The maximum atomic E-state index is 13.0. The summed E-state index contributed by atoms with van der Waals surface area (Å²) in [6.45, 7) is 7.29. The molecule has 26 heavy (non-hydrogen) atoms. The second-order valence-electron chi connectivity index (χ2n) is 7.09. The number of esters is 1. The normalized spacial score (nSPS) is 22.1. The lowest BCUT2D eigenvalue weighted by Crippen LogP contribution is -2.47. The van der Waals surface area contributed by atoms with Gasteiger partial charge in [0.05, 0.1) is 30.7 Å². The quantitative estimate of drug-likeness (QED) is 0.610. The Morgan fingerprint density at radius 3 is 2.35 bits per heavy atom. The SMILES string of the molecule is CCOC(=O)C1CCN(C2CC(=O)N(c3c(C)cccc3C)C2=O)CC1. The van der Waals surface area contributed by atoms with E-state index in [-0.39, 0.29) is 30.1 Å². The van der Waals surface area contributed by atoms with Crippen LogP contribution in [0.2, 0.25) is 0 Å². The van der Waals surface area contributed by atoms with E-state index in [1.165, 1.54) is 4.90 Å². The van der Waals surface area contributed by atoms with Crippen molar-refractivity contribution in [3.05, 3.63) is 29.3 Å². The second-order valence-corrected chi connectivity index (χ2v) is 7.09. The Kier molecular flexibility index (Phi) is 5.41. The molecule has 0 radical (unpaired) electrons. The molecule has 6 nitrogen and oxygen atoms in total. The van der Waals surface area contributed by atoms with Crippen molar-refractivity contribution in [1.82, 2.24) is 4.90 Å². The Morgan fingerprint density at radius 2 is 1.77 bits per heavy atom. The molecule has 2 amide bonds. The molecule has 2 heterocycles. The smallest absolute Gasteiger partial charge is 0.309 e. The van der Waals surface area contributed by atoms with Crippen molar-refractivity contribution in [3.8, 4) is 0 Å². The van der Waals surface area contributed by atoms with E-state index in [2.05, 4.69) is 0 Å². The standard InChI is InChI=1S/C20H26N2O4/c1-4-26-20(25)15-8-10-21(11-9-15)16-12-17(23)22(19(16)24)18-13(2)6-5-7-14(18)3/h5-7,15-16H,4,8-12H2,1-3H3. The highest BCUT2D eigenvalue weighted by Crippen LogP contribution is 2.32. The summed E-state index contributed by atoms with van der Waals surface area (Å²) in [6, 6.07) is 5.34. The number of likely N-dealkylation sites (tertiary alicyclic amines) is 1. The van der Waals surface area contributed by atoms with Gasteiger partial charge >= 0.3 is 5.97 Å². The average molecular weight is 358 g/mol. The van der Waals surface area contributed by atoms with Crippen molar-refractivity contribution in [2.75, 3.05) is 24.6 Å². The van der Waals surface area contributed by atoms with Gasteiger partial charge < -0.3 is 4.74 Å². The largest absolute Gasteiger partial charge is 0.466 e. The summed E-state index contributed by atoms with van der Waals surface area (Å²) >= 11 is 0. The van der Waals surface area contributed by atoms with E-state index in [1.807, 2.05) is 36.9 Å². The number of aryl methyl sites for hydroxylation is 2. The van der Waals surface area contributed by atoms with Gasteiger partial charge in [-0.25, -0.2) is 4.90 Å². The van der Waals surface area contributed by atoms with Crippen LogP contribution in [0.15, 0.2) is 18.2 Å². The van der Waals surface area contributed by atoms with E-state index in [4.69, 9.17) is 4.74 Å². The number of amides is 2. The zero-order valence-corrected chi connectivity index (χ0v) is 15.7. The molecular weight excluding hydrogens is 332 g/mol. The molecular formula is C20H26N2O4. The van der Waals surface area contributed by atoms with Crippen LogP contribution in [0, 0.1) is 19.8 Å². The van der Waals surface area contributed by atoms with E-state index in [0.717, 1.165) is 11.1 Å². The van der Waals surface area contributed by atoms with Gasteiger partial charge in [0, 0.05) is 0 Å². The molecule has 2 fully saturated rings. The Balaban J connectivity index is 1.71. The monoisotopic (exact) mass is 358 g/mol.